The van der Waals surface area contributed by atoms with Crippen LogP contribution in [0.3, 0.4) is 0 Å². The van der Waals surface area contributed by atoms with E-state index in [1.54, 1.807) is 0 Å². The topological polar surface area (TPSA) is 67.8 Å². The lowest BCUT2D eigenvalue weighted by Crippen LogP contribution is -2.47. The van der Waals surface area contributed by atoms with Crippen LogP contribution < -0.4 is 14.8 Å². The van der Waals surface area contributed by atoms with Gasteiger partial charge in [0.05, 0.1) is 0 Å². The molecule has 1 aromatic rings. The number of hydrogen-bond donors (Lipinski definition) is 2. The third-order valence-electron chi connectivity index (χ3n) is 3.07. The second kappa shape index (κ2) is 5.93. The molecule has 1 heterocycles. The Morgan fingerprint density at radius 3 is 2.74 bits per heavy atom. The standard InChI is InChI=1S/C14H19NO4/c1-9(2)13(14(16)17)15-7-10-8-18-11-5-3-4-6-12(11)19-10/h3-6,9-10,13,15H,7-8H2,1-2H3,(H,16,17). The number of aliphatic carboxylic acids is 1. The predicted molar refractivity (Wildman–Crippen MR) is 70.6 cm³/mol. The van der Waals surface area contributed by atoms with Crippen LogP contribution in [0.5, 0.6) is 11.5 Å². The lowest BCUT2D eigenvalue weighted by atomic mass is 10.0. The Labute approximate surface area is 112 Å². The van der Waals surface area contributed by atoms with Gasteiger partial charge in [-0.3, -0.25) is 4.79 Å². The molecule has 1 aliphatic rings. The Hall–Kier alpha value is -1.75. The molecule has 5 nitrogen and oxygen atoms in total. The van der Waals surface area contributed by atoms with Gasteiger partial charge < -0.3 is 19.9 Å². The minimum absolute atomic E-state index is 0.0225. The van der Waals surface area contributed by atoms with E-state index in [1.165, 1.54) is 0 Å². The summed E-state index contributed by atoms with van der Waals surface area (Å²) in [5.74, 6) is 0.621. The molecule has 5 heteroatoms. The Balaban J connectivity index is 1.90. The fraction of sp³-hybridized carbons (Fsp3) is 0.500. The molecule has 1 aliphatic heterocycles. The number of rotatable bonds is 5. The van der Waals surface area contributed by atoms with Crippen molar-refractivity contribution in [3.8, 4) is 11.5 Å². The van der Waals surface area contributed by atoms with Crippen molar-refractivity contribution in [1.29, 1.82) is 0 Å². The molecule has 0 aliphatic carbocycles. The fourth-order valence-corrected chi connectivity index (χ4v) is 2.03. The highest BCUT2D eigenvalue weighted by atomic mass is 16.6. The average Bonchev–Trinajstić information content (AvgIpc) is 2.38. The smallest absolute Gasteiger partial charge is 0.320 e. The molecule has 0 saturated heterocycles. The molecular weight excluding hydrogens is 246 g/mol. The summed E-state index contributed by atoms with van der Waals surface area (Å²) in [6, 6.07) is 6.90. The molecule has 2 rings (SSSR count). The van der Waals surface area contributed by atoms with Crippen molar-refractivity contribution in [3.63, 3.8) is 0 Å². The van der Waals surface area contributed by atoms with Crippen LogP contribution in [0.2, 0.25) is 0 Å². The first kappa shape index (κ1) is 13.7. The van der Waals surface area contributed by atoms with E-state index in [0.717, 1.165) is 5.75 Å². The van der Waals surface area contributed by atoms with Crippen LogP contribution in [-0.4, -0.2) is 36.4 Å². The first-order chi connectivity index (χ1) is 9.08. The molecule has 2 atom stereocenters. The van der Waals surface area contributed by atoms with Crippen LogP contribution in [0.25, 0.3) is 0 Å². The Kier molecular flexibility index (Phi) is 4.27. The average molecular weight is 265 g/mol. The quantitative estimate of drug-likeness (QED) is 0.845. The summed E-state index contributed by atoms with van der Waals surface area (Å²) < 4.78 is 11.3. The predicted octanol–water partition coefficient (Wildman–Crippen LogP) is 1.53. The highest BCUT2D eigenvalue weighted by molar-refractivity contribution is 5.73. The summed E-state index contributed by atoms with van der Waals surface area (Å²) in [5, 5.41) is 12.1. The molecule has 2 N–H and O–H groups in total. The third-order valence-corrected chi connectivity index (χ3v) is 3.07. The number of carboxylic acids is 1. The van der Waals surface area contributed by atoms with E-state index >= 15 is 0 Å². The zero-order valence-corrected chi connectivity index (χ0v) is 11.1. The maximum absolute atomic E-state index is 11.1. The molecule has 0 aromatic heterocycles. The van der Waals surface area contributed by atoms with Crippen LogP contribution in [0, 0.1) is 5.92 Å². The summed E-state index contributed by atoms with van der Waals surface area (Å²) in [5.41, 5.74) is 0. The monoisotopic (exact) mass is 265 g/mol. The molecule has 0 fully saturated rings. The highest BCUT2D eigenvalue weighted by Gasteiger charge is 2.25. The van der Waals surface area contributed by atoms with Gasteiger partial charge in [0, 0.05) is 6.54 Å². The summed E-state index contributed by atoms with van der Waals surface area (Å²) >= 11 is 0. The zero-order valence-electron chi connectivity index (χ0n) is 11.1. The van der Waals surface area contributed by atoms with E-state index in [9.17, 15) is 4.79 Å². The largest absolute Gasteiger partial charge is 0.486 e. The van der Waals surface area contributed by atoms with Crippen molar-refractivity contribution in [2.24, 2.45) is 5.92 Å². The van der Waals surface area contributed by atoms with Crippen molar-refractivity contribution in [2.75, 3.05) is 13.2 Å². The van der Waals surface area contributed by atoms with Gasteiger partial charge in [-0.2, -0.15) is 0 Å². The lowest BCUT2D eigenvalue weighted by molar-refractivity contribution is -0.140. The molecule has 19 heavy (non-hydrogen) atoms. The van der Waals surface area contributed by atoms with E-state index < -0.39 is 12.0 Å². The minimum Gasteiger partial charge on any atom is -0.486 e. The molecule has 104 valence electrons. The van der Waals surface area contributed by atoms with Gasteiger partial charge in [-0.15, -0.1) is 0 Å². The summed E-state index contributed by atoms with van der Waals surface area (Å²) in [6.45, 7) is 4.62. The molecule has 0 bridgehead atoms. The summed E-state index contributed by atoms with van der Waals surface area (Å²) in [6.07, 6.45) is -0.171. The first-order valence-corrected chi connectivity index (χ1v) is 6.42. The van der Waals surface area contributed by atoms with Crippen molar-refractivity contribution in [1.82, 2.24) is 5.32 Å². The lowest BCUT2D eigenvalue weighted by Gasteiger charge is -2.28. The summed E-state index contributed by atoms with van der Waals surface area (Å²) in [7, 11) is 0. The van der Waals surface area contributed by atoms with Crippen molar-refractivity contribution in [3.05, 3.63) is 24.3 Å². The number of ether oxygens (including phenoxy) is 2. The number of benzene rings is 1. The van der Waals surface area contributed by atoms with Gasteiger partial charge in [0.15, 0.2) is 11.5 Å². The molecule has 0 saturated carbocycles. The van der Waals surface area contributed by atoms with Crippen LogP contribution in [0.1, 0.15) is 13.8 Å². The molecule has 0 amide bonds. The normalized spacial score (nSPS) is 19.2. The van der Waals surface area contributed by atoms with Gasteiger partial charge in [0.25, 0.3) is 0 Å². The Bertz CT molecular complexity index is 447. The number of fused-ring (bicyclic) bond motifs is 1. The second-order valence-electron chi connectivity index (χ2n) is 4.97. The minimum atomic E-state index is -0.841. The maximum atomic E-state index is 11.1. The summed E-state index contributed by atoms with van der Waals surface area (Å²) in [4.78, 5) is 11.1. The van der Waals surface area contributed by atoms with E-state index in [0.29, 0.717) is 18.9 Å². The number of nitrogens with one attached hydrogen (secondary N) is 1. The highest BCUT2D eigenvalue weighted by Crippen LogP contribution is 2.30. The van der Waals surface area contributed by atoms with Crippen LogP contribution in [0.4, 0.5) is 0 Å². The van der Waals surface area contributed by atoms with Crippen molar-refractivity contribution < 1.29 is 19.4 Å². The van der Waals surface area contributed by atoms with Crippen molar-refractivity contribution >= 4 is 5.97 Å². The van der Waals surface area contributed by atoms with Gasteiger partial charge in [0.2, 0.25) is 0 Å². The van der Waals surface area contributed by atoms with Gasteiger partial charge in [-0.1, -0.05) is 26.0 Å². The second-order valence-corrected chi connectivity index (χ2v) is 4.97. The number of para-hydroxylation sites is 2. The van der Waals surface area contributed by atoms with Gasteiger partial charge in [-0.25, -0.2) is 0 Å². The first-order valence-electron chi connectivity index (χ1n) is 6.42. The molecule has 2 unspecified atom stereocenters. The molecule has 1 aromatic carbocycles. The van der Waals surface area contributed by atoms with E-state index in [-0.39, 0.29) is 12.0 Å². The fourth-order valence-electron chi connectivity index (χ4n) is 2.03. The molecule has 0 spiro atoms. The van der Waals surface area contributed by atoms with E-state index in [2.05, 4.69) is 5.32 Å². The van der Waals surface area contributed by atoms with Crippen molar-refractivity contribution in [2.45, 2.75) is 26.0 Å². The van der Waals surface area contributed by atoms with Crippen LogP contribution in [0.15, 0.2) is 24.3 Å². The van der Waals surface area contributed by atoms with Gasteiger partial charge in [-0.05, 0) is 18.1 Å². The third kappa shape index (κ3) is 3.38. The van der Waals surface area contributed by atoms with Crippen LogP contribution >= 0.6 is 0 Å². The zero-order chi connectivity index (χ0) is 13.8. The maximum Gasteiger partial charge on any atom is 0.320 e. The van der Waals surface area contributed by atoms with E-state index in [4.69, 9.17) is 14.6 Å². The molecular formula is C14H19NO4. The van der Waals surface area contributed by atoms with E-state index in [1.807, 2.05) is 38.1 Å². The SMILES string of the molecule is CC(C)C(NCC1COc2ccccc2O1)C(=O)O. The Morgan fingerprint density at radius 1 is 1.42 bits per heavy atom. The van der Waals surface area contributed by atoms with Gasteiger partial charge >= 0.3 is 5.97 Å². The van der Waals surface area contributed by atoms with Crippen LogP contribution in [-0.2, 0) is 4.79 Å². The molecule has 0 radical (unpaired) electrons. The number of carbonyl (C=O) groups is 1. The number of carboxylic acid groups (broad SMARTS) is 1. The Morgan fingerprint density at radius 2 is 2.11 bits per heavy atom. The number of hydrogen-bond acceptors (Lipinski definition) is 4. The van der Waals surface area contributed by atoms with Gasteiger partial charge in [0.1, 0.15) is 18.8 Å².